The Balaban J connectivity index is 0. The predicted molar refractivity (Wildman–Crippen MR) is 48.5 cm³/mol. The summed E-state index contributed by atoms with van der Waals surface area (Å²) in [5.41, 5.74) is 0. The van der Waals surface area contributed by atoms with Crippen LogP contribution in [0.1, 0.15) is 0 Å². The molecule has 0 unspecified atom stereocenters. The predicted octanol–water partition coefficient (Wildman–Crippen LogP) is 3.10. The molecule has 0 saturated heterocycles. The van der Waals surface area contributed by atoms with Gasteiger partial charge in [-0.2, -0.15) is 0 Å². The zero-order chi connectivity index (χ0) is 3.58. The van der Waals surface area contributed by atoms with Gasteiger partial charge < -0.3 is 7.43 Å². The summed E-state index contributed by atoms with van der Waals surface area (Å²) in [6.07, 6.45) is 0. The summed E-state index contributed by atoms with van der Waals surface area (Å²) in [4.78, 5) is 0. The first kappa shape index (κ1) is 11.0. The fraction of sp³-hybridized carbons (Fsp3) is 0. The van der Waals surface area contributed by atoms with Crippen LogP contribution >= 0.6 is 54.1 Å². The van der Waals surface area contributed by atoms with E-state index in [9.17, 15) is 0 Å². The minimum atomic E-state index is -0.633. The van der Waals surface area contributed by atoms with Gasteiger partial charge in [0.15, 0.2) is 0 Å². The third kappa shape index (κ3) is 19.3. The summed E-state index contributed by atoms with van der Waals surface area (Å²) in [7, 11) is -0.633. The molecule has 33 valence electrons. The van der Waals surface area contributed by atoms with Crippen LogP contribution in [0.5, 0.6) is 0 Å². The number of halogens is 3. The Morgan fingerprint density at radius 2 is 1.00 bits per heavy atom. The summed E-state index contributed by atoms with van der Waals surface area (Å²) < 4.78 is 0. The molecule has 0 radical (unpaired) electrons. The first-order chi connectivity index (χ1) is 1.73. The average molecular weight is 487 g/mol. The topological polar surface area (TPSA) is 0 Å². The molecule has 0 aromatic carbocycles. The summed E-state index contributed by atoms with van der Waals surface area (Å²) in [6, 6.07) is 0. The Bertz CT molecular complexity index is 11.6. The number of hydrogen-bond acceptors (Lipinski definition) is 0. The van der Waals surface area contributed by atoms with Crippen LogP contribution in [-0.4, -0.2) is 0 Å². The SMILES string of the molecule is [CH3-].[I][Zr]([I])[I]. The Morgan fingerprint density at radius 1 is 1.00 bits per heavy atom. The van der Waals surface area contributed by atoms with Gasteiger partial charge in [0, 0.05) is 0 Å². The molecule has 5 heavy (non-hydrogen) atoms. The summed E-state index contributed by atoms with van der Waals surface area (Å²) in [5.74, 6) is 0. The van der Waals surface area contributed by atoms with Crippen LogP contribution in [0.25, 0.3) is 0 Å². The van der Waals surface area contributed by atoms with E-state index in [1.165, 1.54) is 0 Å². The molecule has 0 heterocycles. The number of hydrogen-bond donors (Lipinski definition) is 0. The molecule has 0 aliphatic rings. The molecule has 0 amide bonds. The maximum atomic E-state index is 2.51. The zero-order valence-electron chi connectivity index (χ0n) is 2.63. The quantitative estimate of drug-likeness (QED) is 0.365. The molecule has 0 aromatic rings. The van der Waals surface area contributed by atoms with Gasteiger partial charge in [0.2, 0.25) is 0 Å². The van der Waals surface area contributed by atoms with Crippen molar-refractivity contribution >= 4 is 54.1 Å². The average Bonchev–Trinajstić information content (AvgIpc) is 0.811. The van der Waals surface area contributed by atoms with Gasteiger partial charge >= 0.3 is 63.3 Å². The second kappa shape index (κ2) is 7.07. The molecule has 0 nitrogen and oxygen atoms in total. The van der Waals surface area contributed by atoms with Crippen LogP contribution in [-0.2, 0) is 9.18 Å². The van der Waals surface area contributed by atoms with Gasteiger partial charge in [-0.25, -0.2) is 0 Å². The third-order valence-corrected chi connectivity index (χ3v) is 0. The van der Waals surface area contributed by atoms with Crippen molar-refractivity contribution < 1.29 is 9.18 Å². The molecule has 0 aromatic heterocycles. The van der Waals surface area contributed by atoms with Crippen molar-refractivity contribution in [3.05, 3.63) is 7.43 Å². The Morgan fingerprint density at radius 3 is 1.00 bits per heavy atom. The van der Waals surface area contributed by atoms with E-state index in [1.807, 2.05) is 0 Å². The molecular formula is CH3I3Zr-. The van der Waals surface area contributed by atoms with Gasteiger partial charge in [0.25, 0.3) is 0 Å². The normalized spacial score (nSPS) is 5.40. The van der Waals surface area contributed by atoms with E-state index in [1.54, 1.807) is 0 Å². The third-order valence-electron chi connectivity index (χ3n) is 0. The van der Waals surface area contributed by atoms with Crippen LogP contribution in [0, 0.1) is 7.43 Å². The van der Waals surface area contributed by atoms with Gasteiger partial charge in [-0.3, -0.25) is 0 Å². The van der Waals surface area contributed by atoms with Crippen LogP contribution in [0.15, 0.2) is 0 Å². The first-order valence-electron chi connectivity index (χ1n) is 0.567. The van der Waals surface area contributed by atoms with Crippen molar-refractivity contribution in [3.8, 4) is 0 Å². The molecule has 0 spiro atoms. The van der Waals surface area contributed by atoms with Gasteiger partial charge in [0.05, 0.1) is 0 Å². The van der Waals surface area contributed by atoms with Gasteiger partial charge in [-0.15, -0.1) is 0 Å². The zero-order valence-corrected chi connectivity index (χ0v) is 11.6. The van der Waals surface area contributed by atoms with Crippen molar-refractivity contribution in [2.45, 2.75) is 0 Å². The summed E-state index contributed by atoms with van der Waals surface area (Å²) in [5, 5.41) is 0. The first-order valence-corrected chi connectivity index (χ1v) is 22.5. The molecule has 0 atom stereocenters. The summed E-state index contributed by atoms with van der Waals surface area (Å²) >= 11 is 7.54. The molecule has 4 heteroatoms. The van der Waals surface area contributed by atoms with E-state index in [2.05, 4.69) is 54.1 Å². The number of rotatable bonds is 0. The fourth-order valence-electron chi connectivity index (χ4n) is 0. The fourth-order valence-corrected chi connectivity index (χ4v) is 0. The van der Waals surface area contributed by atoms with E-state index >= 15 is 0 Å². The van der Waals surface area contributed by atoms with Crippen molar-refractivity contribution in [2.75, 3.05) is 0 Å². The van der Waals surface area contributed by atoms with E-state index < -0.39 is 9.18 Å². The Kier molecular flexibility index (Phi) is 15.5. The van der Waals surface area contributed by atoms with Crippen LogP contribution < -0.4 is 0 Å². The van der Waals surface area contributed by atoms with Gasteiger partial charge in [0.1, 0.15) is 0 Å². The van der Waals surface area contributed by atoms with E-state index in [0.29, 0.717) is 0 Å². The van der Waals surface area contributed by atoms with Crippen molar-refractivity contribution in [1.29, 1.82) is 0 Å². The van der Waals surface area contributed by atoms with Gasteiger partial charge in [-0.1, -0.05) is 0 Å². The van der Waals surface area contributed by atoms with Crippen LogP contribution in [0.2, 0.25) is 0 Å². The van der Waals surface area contributed by atoms with E-state index in [0.717, 1.165) is 0 Å². The maximum absolute atomic E-state index is 2.51. The Hall–Kier alpha value is 3.07. The standard InChI is InChI=1S/CH3.3HI.Zr/h1H3;3*1H;/q-1;;;;+3/p-3. The van der Waals surface area contributed by atoms with Crippen LogP contribution in [0.3, 0.4) is 0 Å². The minimum absolute atomic E-state index is 0. The molecule has 0 aliphatic heterocycles. The molecule has 0 N–H and O–H groups in total. The van der Waals surface area contributed by atoms with Crippen molar-refractivity contribution in [2.24, 2.45) is 0 Å². The second-order valence-electron chi connectivity index (χ2n) is 0.214. The second-order valence-corrected chi connectivity index (χ2v) is 57.0. The summed E-state index contributed by atoms with van der Waals surface area (Å²) in [6.45, 7) is 0. The molecule has 0 rings (SSSR count). The molecule has 0 bridgehead atoms. The van der Waals surface area contributed by atoms with Crippen molar-refractivity contribution in [1.82, 2.24) is 0 Å². The van der Waals surface area contributed by atoms with Gasteiger partial charge in [-0.05, 0) is 0 Å². The molecular weight excluding hydrogens is 484 g/mol. The molecule has 0 saturated carbocycles. The molecule has 0 fully saturated rings. The van der Waals surface area contributed by atoms with Crippen molar-refractivity contribution in [3.63, 3.8) is 0 Å². The Labute approximate surface area is 68.6 Å². The molecule has 0 aliphatic carbocycles. The monoisotopic (exact) mass is 486 g/mol. The van der Waals surface area contributed by atoms with E-state index in [4.69, 9.17) is 0 Å². The van der Waals surface area contributed by atoms with Crippen LogP contribution in [0.4, 0.5) is 0 Å². The van der Waals surface area contributed by atoms with E-state index in [-0.39, 0.29) is 7.43 Å².